The first-order valence-electron chi connectivity index (χ1n) is 19.9. The number of fused-ring (bicyclic) bond motifs is 7. The van der Waals surface area contributed by atoms with Gasteiger partial charge < -0.3 is 4.42 Å². The molecule has 274 valence electrons. The van der Waals surface area contributed by atoms with Crippen LogP contribution in [0.25, 0.3) is 121 Å². The average Bonchev–Trinajstić information content (AvgIpc) is 3.67. The maximum atomic E-state index is 6.81. The first-order valence-corrected chi connectivity index (χ1v) is 19.9. The molecule has 10 aromatic carbocycles. The number of nitrogens with zero attached hydrogens (tertiary/aromatic N) is 3. The van der Waals surface area contributed by atoms with Gasteiger partial charge in [-0.25, -0.2) is 15.0 Å². The van der Waals surface area contributed by atoms with Crippen LogP contribution in [0.4, 0.5) is 0 Å². The number of hydrogen-bond acceptors (Lipinski definition) is 4. The normalized spacial score (nSPS) is 11.7. The molecule has 0 aliphatic carbocycles. The lowest BCUT2D eigenvalue weighted by molar-refractivity contribution is 0.670. The molecule has 0 bridgehead atoms. The van der Waals surface area contributed by atoms with Crippen LogP contribution >= 0.6 is 0 Å². The minimum Gasteiger partial charge on any atom is -0.455 e. The fourth-order valence-electron chi connectivity index (χ4n) is 8.62. The van der Waals surface area contributed by atoms with Crippen molar-refractivity contribution >= 4 is 65.0 Å². The second kappa shape index (κ2) is 13.3. The highest BCUT2D eigenvalue weighted by Crippen LogP contribution is 2.43. The highest BCUT2D eigenvalue weighted by atomic mass is 16.3. The van der Waals surface area contributed by atoms with Gasteiger partial charge in [0.15, 0.2) is 17.5 Å². The van der Waals surface area contributed by atoms with E-state index in [-0.39, 0.29) is 0 Å². The molecule has 0 radical (unpaired) electrons. The van der Waals surface area contributed by atoms with Crippen LogP contribution in [0, 0.1) is 0 Å². The molecule has 0 saturated heterocycles. The quantitative estimate of drug-likeness (QED) is 0.176. The molecule has 4 nitrogen and oxygen atoms in total. The Morgan fingerprint density at radius 1 is 0.271 bits per heavy atom. The molecule has 0 saturated carbocycles. The molecule has 4 heteroatoms. The minimum absolute atomic E-state index is 0.604. The summed E-state index contributed by atoms with van der Waals surface area (Å²) in [5.41, 5.74) is 8.99. The van der Waals surface area contributed by atoms with Crippen LogP contribution in [-0.4, -0.2) is 15.0 Å². The molecule has 12 aromatic rings. The van der Waals surface area contributed by atoms with Gasteiger partial charge in [-0.3, -0.25) is 0 Å². The van der Waals surface area contributed by atoms with Crippen LogP contribution in [0.3, 0.4) is 0 Å². The SMILES string of the molecule is c1ccc2cc(-c3ccc(-c4c5ccccc5cc5c4oc4ccc(-c6nc(-c7ccc8ccccc8c7)nc(-c7ccc8ccccc8c7)n6)cc45)cc3)ccc2c1. The second-order valence-electron chi connectivity index (χ2n) is 15.2. The van der Waals surface area contributed by atoms with Crippen LogP contribution in [0.1, 0.15) is 0 Å². The lowest BCUT2D eigenvalue weighted by Crippen LogP contribution is -2.00. The van der Waals surface area contributed by atoms with Crippen LogP contribution < -0.4 is 0 Å². The zero-order valence-electron chi connectivity index (χ0n) is 31.8. The van der Waals surface area contributed by atoms with Crippen molar-refractivity contribution in [1.82, 2.24) is 15.0 Å². The molecule has 0 spiro atoms. The van der Waals surface area contributed by atoms with Crippen molar-refractivity contribution in [3.63, 3.8) is 0 Å². The molecule has 0 fully saturated rings. The van der Waals surface area contributed by atoms with E-state index in [1.807, 2.05) is 0 Å². The van der Waals surface area contributed by atoms with E-state index in [4.69, 9.17) is 19.4 Å². The van der Waals surface area contributed by atoms with Gasteiger partial charge in [-0.1, -0.05) is 158 Å². The molecule has 59 heavy (non-hydrogen) atoms. The summed E-state index contributed by atoms with van der Waals surface area (Å²) < 4.78 is 6.81. The number of furan rings is 1. The van der Waals surface area contributed by atoms with Gasteiger partial charge >= 0.3 is 0 Å². The molecule has 0 aliphatic rings. The standard InChI is InChI=1S/C55H33N3O/c1-4-12-39-29-42(24-19-34(39)9-1)37-17-22-38(23-18-37)51-47-16-8-7-15-43(47)32-49-48-33-46(27-28-50(48)59-52(49)51)55-57-53(44-25-20-35-10-2-5-13-40(35)30-44)56-54(58-55)45-26-21-36-11-3-6-14-41(36)31-45/h1-33H. The van der Waals surface area contributed by atoms with Gasteiger partial charge in [0.25, 0.3) is 0 Å². The number of hydrogen-bond donors (Lipinski definition) is 0. The largest absolute Gasteiger partial charge is 0.455 e. The first-order chi connectivity index (χ1) is 29.2. The predicted octanol–water partition coefficient (Wildman–Crippen LogP) is 14.7. The summed E-state index contributed by atoms with van der Waals surface area (Å²) in [7, 11) is 0. The van der Waals surface area contributed by atoms with Crippen molar-refractivity contribution in [3.8, 4) is 56.4 Å². The maximum Gasteiger partial charge on any atom is 0.164 e. The summed E-state index contributed by atoms with van der Waals surface area (Å²) in [6.45, 7) is 0. The van der Waals surface area contributed by atoms with E-state index in [0.29, 0.717) is 17.5 Å². The van der Waals surface area contributed by atoms with Gasteiger partial charge in [-0.15, -0.1) is 0 Å². The third-order valence-electron chi connectivity index (χ3n) is 11.6. The third kappa shape index (κ3) is 5.73. The second-order valence-corrected chi connectivity index (χ2v) is 15.2. The smallest absolute Gasteiger partial charge is 0.164 e. The van der Waals surface area contributed by atoms with E-state index in [2.05, 4.69) is 200 Å². The highest BCUT2D eigenvalue weighted by Gasteiger charge is 2.19. The van der Waals surface area contributed by atoms with Crippen molar-refractivity contribution in [3.05, 3.63) is 200 Å². The number of rotatable bonds is 5. The van der Waals surface area contributed by atoms with Crippen LogP contribution in [-0.2, 0) is 0 Å². The zero-order chi connectivity index (χ0) is 38.9. The minimum atomic E-state index is 0.604. The number of benzene rings is 10. The van der Waals surface area contributed by atoms with E-state index in [1.165, 1.54) is 32.7 Å². The molecule has 0 unspecified atom stereocenters. The van der Waals surface area contributed by atoms with Gasteiger partial charge in [0.2, 0.25) is 0 Å². The van der Waals surface area contributed by atoms with E-state index in [9.17, 15) is 0 Å². The molecule has 0 N–H and O–H groups in total. The zero-order valence-corrected chi connectivity index (χ0v) is 31.8. The summed E-state index contributed by atoms with van der Waals surface area (Å²) in [6, 6.07) is 70.7. The number of aromatic nitrogens is 3. The monoisotopic (exact) mass is 751 g/mol. The summed E-state index contributed by atoms with van der Waals surface area (Å²) in [5, 5.41) is 11.5. The lowest BCUT2D eigenvalue weighted by atomic mass is 9.93. The first kappa shape index (κ1) is 33.2. The Balaban J connectivity index is 1.01. The van der Waals surface area contributed by atoms with Gasteiger partial charge in [0, 0.05) is 33.0 Å². The molecule has 2 aromatic heterocycles. The summed E-state index contributed by atoms with van der Waals surface area (Å²) in [5.74, 6) is 1.86. The summed E-state index contributed by atoms with van der Waals surface area (Å²) in [6.07, 6.45) is 0. The Hall–Kier alpha value is -7.95. The Morgan fingerprint density at radius 3 is 1.27 bits per heavy atom. The third-order valence-corrected chi connectivity index (χ3v) is 11.6. The average molecular weight is 752 g/mol. The fraction of sp³-hybridized carbons (Fsp3) is 0. The van der Waals surface area contributed by atoms with Crippen molar-refractivity contribution in [2.75, 3.05) is 0 Å². The van der Waals surface area contributed by atoms with E-state index in [0.717, 1.165) is 71.3 Å². The van der Waals surface area contributed by atoms with Gasteiger partial charge in [-0.2, -0.15) is 0 Å². The van der Waals surface area contributed by atoms with Crippen LogP contribution in [0.5, 0.6) is 0 Å². The van der Waals surface area contributed by atoms with Crippen LogP contribution in [0.2, 0.25) is 0 Å². The fourth-order valence-corrected chi connectivity index (χ4v) is 8.62. The van der Waals surface area contributed by atoms with Crippen molar-refractivity contribution < 1.29 is 4.42 Å². The topological polar surface area (TPSA) is 51.8 Å². The Kier molecular flexibility index (Phi) is 7.50. The van der Waals surface area contributed by atoms with Crippen molar-refractivity contribution in [2.24, 2.45) is 0 Å². The summed E-state index contributed by atoms with van der Waals surface area (Å²) in [4.78, 5) is 15.4. The molecular weight excluding hydrogens is 719 g/mol. The summed E-state index contributed by atoms with van der Waals surface area (Å²) >= 11 is 0. The predicted molar refractivity (Wildman–Crippen MR) is 244 cm³/mol. The molecular formula is C55H33N3O. The van der Waals surface area contributed by atoms with E-state index in [1.54, 1.807) is 0 Å². The lowest BCUT2D eigenvalue weighted by Gasteiger charge is -2.10. The molecule has 0 amide bonds. The maximum absolute atomic E-state index is 6.81. The Bertz CT molecular complexity index is 3520. The van der Waals surface area contributed by atoms with Crippen LogP contribution in [0.15, 0.2) is 205 Å². The van der Waals surface area contributed by atoms with Crippen molar-refractivity contribution in [2.45, 2.75) is 0 Å². The Labute approximate surface area is 339 Å². The van der Waals surface area contributed by atoms with Gasteiger partial charge in [-0.05, 0) is 102 Å². The Morgan fingerprint density at radius 2 is 0.695 bits per heavy atom. The molecule has 0 atom stereocenters. The highest BCUT2D eigenvalue weighted by molar-refractivity contribution is 6.18. The van der Waals surface area contributed by atoms with Gasteiger partial charge in [0.1, 0.15) is 11.2 Å². The van der Waals surface area contributed by atoms with Crippen molar-refractivity contribution in [1.29, 1.82) is 0 Å². The molecule has 2 heterocycles. The van der Waals surface area contributed by atoms with E-state index >= 15 is 0 Å². The van der Waals surface area contributed by atoms with Gasteiger partial charge in [0.05, 0.1) is 0 Å². The molecule has 12 rings (SSSR count). The molecule has 0 aliphatic heterocycles. The van der Waals surface area contributed by atoms with E-state index < -0.39 is 0 Å².